The first-order valence-corrected chi connectivity index (χ1v) is 5.62. The number of rotatable bonds is 8. The van der Waals surface area contributed by atoms with E-state index >= 15 is 0 Å². The van der Waals surface area contributed by atoms with Gasteiger partial charge in [-0.05, 0) is 12.8 Å². The Labute approximate surface area is 101 Å². The second-order valence-electron chi connectivity index (χ2n) is 3.99. The molecular formula is C11H20N2O4. The van der Waals surface area contributed by atoms with E-state index in [4.69, 9.17) is 5.11 Å². The van der Waals surface area contributed by atoms with Crippen molar-refractivity contribution in [1.82, 2.24) is 10.2 Å². The molecule has 0 bridgehead atoms. The van der Waals surface area contributed by atoms with Gasteiger partial charge < -0.3 is 15.3 Å². The highest BCUT2D eigenvalue weighted by molar-refractivity contribution is 5.78. The minimum Gasteiger partial charge on any atom is -0.481 e. The van der Waals surface area contributed by atoms with Crippen LogP contribution in [0.4, 0.5) is 0 Å². The number of hydrogen-bond acceptors (Lipinski definition) is 3. The molecule has 0 aromatic carbocycles. The lowest BCUT2D eigenvalue weighted by atomic mass is 10.2. The summed E-state index contributed by atoms with van der Waals surface area (Å²) in [5.74, 6) is -1.01. The van der Waals surface area contributed by atoms with Crippen molar-refractivity contribution in [3.05, 3.63) is 0 Å². The maximum absolute atomic E-state index is 11.3. The standard InChI is InChI=1S/C11H20N2O4/c1-13(2)10(15)7-8-12-9(14)5-3-4-6-11(16)17/h3-8H2,1-2H3,(H,12,14)(H,16,17). The Morgan fingerprint density at radius 2 is 1.65 bits per heavy atom. The summed E-state index contributed by atoms with van der Waals surface area (Å²) in [4.78, 5) is 34.1. The van der Waals surface area contributed by atoms with Crippen LogP contribution in [0.3, 0.4) is 0 Å². The van der Waals surface area contributed by atoms with Crippen LogP contribution < -0.4 is 5.32 Å². The number of carbonyl (C=O) groups excluding carboxylic acids is 2. The van der Waals surface area contributed by atoms with Crippen LogP contribution in [0.15, 0.2) is 0 Å². The number of aliphatic carboxylic acids is 1. The molecule has 0 saturated heterocycles. The van der Waals surface area contributed by atoms with Crippen molar-refractivity contribution in [2.75, 3.05) is 20.6 Å². The Bertz CT molecular complexity index is 277. The summed E-state index contributed by atoms with van der Waals surface area (Å²) >= 11 is 0. The average Bonchev–Trinajstić information content (AvgIpc) is 2.23. The maximum atomic E-state index is 11.3. The van der Waals surface area contributed by atoms with E-state index in [0.717, 1.165) is 0 Å². The number of hydrogen-bond donors (Lipinski definition) is 2. The lowest BCUT2D eigenvalue weighted by molar-refractivity contribution is -0.137. The zero-order valence-corrected chi connectivity index (χ0v) is 10.4. The zero-order chi connectivity index (χ0) is 13.3. The van der Waals surface area contributed by atoms with Gasteiger partial charge in [0.1, 0.15) is 0 Å². The number of nitrogens with zero attached hydrogens (tertiary/aromatic N) is 1. The van der Waals surface area contributed by atoms with Gasteiger partial charge in [-0.3, -0.25) is 14.4 Å². The molecule has 0 radical (unpaired) electrons. The highest BCUT2D eigenvalue weighted by atomic mass is 16.4. The van der Waals surface area contributed by atoms with Gasteiger partial charge in [0.2, 0.25) is 11.8 Å². The number of amides is 2. The van der Waals surface area contributed by atoms with E-state index in [-0.39, 0.29) is 24.7 Å². The van der Waals surface area contributed by atoms with Crippen LogP contribution in [0.25, 0.3) is 0 Å². The van der Waals surface area contributed by atoms with Crippen molar-refractivity contribution in [2.24, 2.45) is 0 Å². The predicted octanol–water partition coefficient (Wildman–Crippen LogP) is 0.226. The first-order valence-electron chi connectivity index (χ1n) is 5.62. The summed E-state index contributed by atoms with van der Waals surface area (Å²) in [6.45, 7) is 0.328. The van der Waals surface area contributed by atoms with E-state index in [2.05, 4.69) is 5.32 Å². The molecule has 0 saturated carbocycles. The van der Waals surface area contributed by atoms with Gasteiger partial charge in [0.05, 0.1) is 0 Å². The highest BCUT2D eigenvalue weighted by Gasteiger charge is 2.05. The van der Waals surface area contributed by atoms with Crippen LogP contribution in [0.1, 0.15) is 32.1 Å². The van der Waals surface area contributed by atoms with Crippen molar-refractivity contribution in [3.8, 4) is 0 Å². The van der Waals surface area contributed by atoms with Crippen LogP contribution >= 0.6 is 0 Å². The fourth-order valence-corrected chi connectivity index (χ4v) is 1.18. The minimum absolute atomic E-state index is 0.0313. The summed E-state index contributed by atoms with van der Waals surface area (Å²) in [6.07, 6.45) is 1.74. The summed E-state index contributed by atoms with van der Waals surface area (Å²) in [7, 11) is 3.33. The van der Waals surface area contributed by atoms with Gasteiger partial charge in [0.15, 0.2) is 0 Å². The van der Waals surface area contributed by atoms with Crippen molar-refractivity contribution >= 4 is 17.8 Å². The third-order valence-corrected chi connectivity index (χ3v) is 2.20. The number of carbonyl (C=O) groups is 3. The first kappa shape index (κ1) is 15.4. The largest absolute Gasteiger partial charge is 0.481 e. The number of unbranched alkanes of at least 4 members (excludes halogenated alkanes) is 1. The Morgan fingerprint density at radius 1 is 1.06 bits per heavy atom. The number of nitrogens with one attached hydrogen (secondary N) is 1. The Balaban J connectivity index is 3.47. The van der Waals surface area contributed by atoms with Gasteiger partial charge in [-0.1, -0.05) is 0 Å². The zero-order valence-electron chi connectivity index (χ0n) is 10.4. The summed E-state index contributed by atoms with van der Waals surface area (Å²) in [5, 5.41) is 11.0. The van der Waals surface area contributed by atoms with Gasteiger partial charge in [-0.2, -0.15) is 0 Å². The normalized spacial score (nSPS) is 9.76. The molecule has 0 heterocycles. The molecule has 0 aromatic rings. The van der Waals surface area contributed by atoms with E-state index in [1.54, 1.807) is 14.1 Å². The van der Waals surface area contributed by atoms with Gasteiger partial charge >= 0.3 is 5.97 Å². The van der Waals surface area contributed by atoms with E-state index in [0.29, 0.717) is 25.8 Å². The van der Waals surface area contributed by atoms with E-state index in [1.165, 1.54) is 4.90 Å². The second-order valence-corrected chi connectivity index (χ2v) is 3.99. The number of carboxylic acid groups (broad SMARTS) is 1. The van der Waals surface area contributed by atoms with Crippen LogP contribution in [0.2, 0.25) is 0 Å². The molecule has 0 aliphatic rings. The molecule has 6 heteroatoms. The topological polar surface area (TPSA) is 86.7 Å². The molecule has 0 aliphatic carbocycles. The number of carboxylic acids is 1. The SMILES string of the molecule is CN(C)C(=O)CCNC(=O)CCCCC(=O)O. The van der Waals surface area contributed by atoms with Gasteiger partial charge in [0, 0.05) is 39.9 Å². The van der Waals surface area contributed by atoms with Crippen LogP contribution in [-0.4, -0.2) is 48.4 Å². The quantitative estimate of drug-likeness (QED) is 0.598. The van der Waals surface area contributed by atoms with Crippen molar-refractivity contribution in [1.29, 1.82) is 0 Å². The van der Waals surface area contributed by atoms with E-state index < -0.39 is 5.97 Å². The van der Waals surface area contributed by atoms with Gasteiger partial charge in [0.25, 0.3) is 0 Å². The summed E-state index contributed by atoms with van der Waals surface area (Å²) < 4.78 is 0. The molecule has 0 rings (SSSR count). The van der Waals surface area contributed by atoms with Crippen molar-refractivity contribution < 1.29 is 19.5 Å². The molecule has 17 heavy (non-hydrogen) atoms. The van der Waals surface area contributed by atoms with E-state index in [1.807, 2.05) is 0 Å². The minimum atomic E-state index is -0.845. The smallest absolute Gasteiger partial charge is 0.303 e. The van der Waals surface area contributed by atoms with Crippen LogP contribution in [-0.2, 0) is 14.4 Å². The lowest BCUT2D eigenvalue weighted by Gasteiger charge is -2.10. The Hall–Kier alpha value is -1.59. The van der Waals surface area contributed by atoms with Crippen LogP contribution in [0, 0.1) is 0 Å². The molecule has 2 N–H and O–H groups in total. The predicted molar refractivity (Wildman–Crippen MR) is 62.4 cm³/mol. The van der Waals surface area contributed by atoms with E-state index in [9.17, 15) is 14.4 Å². The van der Waals surface area contributed by atoms with Gasteiger partial charge in [-0.15, -0.1) is 0 Å². The summed E-state index contributed by atoms with van der Waals surface area (Å²) in [5.41, 5.74) is 0. The second kappa shape index (κ2) is 8.55. The fourth-order valence-electron chi connectivity index (χ4n) is 1.18. The molecule has 0 aliphatic heterocycles. The molecule has 0 atom stereocenters. The average molecular weight is 244 g/mol. The molecule has 6 nitrogen and oxygen atoms in total. The molecular weight excluding hydrogens is 224 g/mol. The third kappa shape index (κ3) is 9.35. The van der Waals surface area contributed by atoms with Crippen LogP contribution in [0.5, 0.6) is 0 Å². The Kier molecular flexibility index (Phi) is 7.75. The Morgan fingerprint density at radius 3 is 2.18 bits per heavy atom. The van der Waals surface area contributed by atoms with Crippen molar-refractivity contribution in [2.45, 2.75) is 32.1 Å². The maximum Gasteiger partial charge on any atom is 0.303 e. The van der Waals surface area contributed by atoms with Gasteiger partial charge in [-0.25, -0.2) is 0 Å². The third-order valence-electron chi connectivity index (χ3n) is 2.20. The molecule has 0 aromatic heterocycles. The lowest BCUT2D eigenvalue weighted by Crippen LogP contribution is -2.30. The molecule has 2 amide bonds. The monoisotopic (exact) mass is 244 g/mol. The molecule has 98 valence electrons. The first-order chi connectivity index (χ1) is 7.93. The summed E-state index contributed by atoms with van der Waals surface area (Å²) in [6, 6.07) is 0. The van der Waals surface area contributed by atoms with Crippen molar-refractivity contribution in [3.63, 3.8) is 0 Å². The molecule has 0 unspecified atom stereocenters. The molecule has 0 spiro atoms. The fraction of sp³-hybridized carbons (Fsp3) is 0.727. The highest BCUT2D eigenvalue weighted by Crippen LogP contribution is 1.99. The molecule has 0 fully saturated rings.